The molecule has 0 bridgehead atoms. The third-order valence-electron chi connectivity index (χ3n) is 1.81. The van der Waals surface area contributed by atoms with E-state index in [9.17, 15) is 4.79 Å². The summed E-state index contributed by atoms with van der Waals surface area (Å²) in [6, 6.07) is -0.0810. The highest BCUT2D eigenvalue weighted by Crippen LogP contribution is 2.05. The average molecular weight is 145 g/mol. The summed E-state index contributed by atoms with van der Waals surface area (Å²) in [6.07, 6.45) is 1.60. The topological polar surface area (TPSA) is 49.3 Å². The normalized spacial score (nSPS) is 15.9. The molecule has 0 aliphatic heterocycles. The van der Waals surface area contributed by atoms with E-state index < -0.39 is 0 Å². The van der Waals surface area contributed by atoms with Crippen LogP contribution in [-0.2, 0) is 4.79 Å². The van der Waals surface area contributed by atoms with E-state index in [-0.39, 0.29) is 12.6 Å². The maximum absolute atomic E-state index is 9.97. The van der Waals surface area contributed by atoms with Gasteiger partial charge in [-0.25, -0.2) is 0 Å². The predicted octanol–water partition coefficient (Wildman–Crippen LogP) is 0.139. The lowest BCUT2D eigenvalue weighted by atomic mass is 10.0. The highest BCUT2D eigenvalue weighted by atomic mass is 16.3. The lowest BCUT2D eigenvalue weighted by Gasteiger charge is -2.18. The van der Waals surface area contributed by atoms with Crippen molar-refractivity contribution in [1.29, 1.82) is 0 Å². The van der Waals surface area contributed by atoms with Gasteiger partial charge in [0.1, 0.15) is 0 Å². The zero-order chi connectivity index (χ0) is 7.98. The van der Waals surface area contributed by atoms with Crippen LogP contribution in [0.1, 0.15) is 20.3 Å². The van der Waals surface area contributed by atoms with Crippen molar-refractivity contribution in [2.24, 2.45) is 5.92 Å². The summed E-state index contributed by atoms with van der Waals surface area (Å²) < 4.78 is 0. The van der Waals surface area contributed by atoms with Crippen molar-refractivity contribution in [3.8, 4) is 0 Å². The Hall–Kier alpha value is -0.570. The molecule has 0 aromatic rings. The number of aliphatic hydroxyl groups is 1. The van der Waals surface area contributed by atoms with E-state index in [4.69, 9.17) is 5.11 Å². The molecule has 0 heterocycles. The summed E-state index contributed by atoms with van der Waals surface area (Å²) in [6.45, 7) is 4.05. The van der Waals surface area contributed by atoms with Crippen molar-refractivity contribution < 1.29 is 9.90 Å². The van der Waals surface area contributed by atoms with E-state index in [1.807, 2.05) is 13.8 Å². The molecule has 10 heavy (non-hydrogen) atoms. The number of nitrogens with one attached hydrogen (secondary N) is 1. The van der Waals surface area contributed by atoms with Gasteiger partial charge in [-0.1, -0.05) is 20.3 Å². The Balaban J connectivity index is 3.67. The maximum atomic E-state index is 9.97. The van der Waals surface area contributed by atoms with Gasteiger partial charge in [-0.15, -0.1) is 0 Å². The van der Waals surface area contributed by atoms with Crippen molar-refractivity contribution in [1.82, 2.24) is 5.32 Å². The zero-order valence-electron chi connectivity index (χ0n) is 6.50. The number of rotatable bonds is 5. The fourth-order valence-electron chi connectivity index (χ4n) is 0.769. The van der Waals surface area contributed by atoms with Gasteiger partial charge in [0.15, 0.2) is 0 Å². The minimum Gasteiger partial charge on any atom is -0.394 e. The van der Waals surface area contributed by atoms with E-state index >= 15 is 0 Å². The molecule has 1 amide bonds. The first kappa shape index (κ1) is 9.43. The van der Waals surface area contributed by atoms with Crippen LogP contribution in [-0.4, -0.2) is 24.2 Å². The molecule has 3 nitrogen and oxygen atoms in total. The highest BCUT2D eigenvalue weighted by Gasteiger charge is 2.12. The molecule has 0 aliphatic rings. The molecular formula is C7H15NO2. The van der Waals surface area contributed by atoms with Gasteiger partial charge >= 0.3 is 0 Å². The zero-order valence-corrected chi connectivity index (χ0v) is 6.50. The summed E-state index contributed by atoms with van der Waals surface area (Å²) in [5.74, 6) is 0.343. The molecule has 0 aliphatic carbocycles. The Bertz CT molecular complexity index is 95.6. The summed E-state index contributed by atoms with van der Waals surface area (Å²) in [5, 5.41) is 11.3. The Labute approximate surface area is 61.4 Å². The van der Waals surface area contributed by atoms with Crippen molar-refractivity contribution in [2.75, 3.05) is 6.61 Å². The van der Waals surface area contributed by atoms with Gasteiger partial charge in [0.2, 0.25) is 6.41 Å². The van der Waals surface area contributed by atoms with E-state index in [1.165, 1.54) is 0 Å². The SMILES string of the molecule is CCC(C)C(CO)NC=O. The molecular weight excluding hydrogens is 130 g/mol. The van der Waals surface area contributed by atoms with Crippen LogP contribution < -0.4 is 5.32 Å². The van der Waals surface area contributed by atoms with E-state index in [1.54, 1.807) is 0 Å². The molecule has 0 aromatic heterocycles. The number of carbonyl (C=O) groups is 1. The van der Waals surface area contributed by atoms with E-state index in [0.29, 0.717) is 12.3 Å². The van der Waals surface area contributed by atoms with Gasteiger partial charge in [-0.05, 0) is 5.92 Å². The van der Waals surface area contributed by atoms with E-state index in [0.717, 1.165) is 6.42 Å². The molecule has 60 valence electrons. The predicted molar refractivity (Wildman–Crippen MR) is 39.5 cm³/mol. The van der Waals surface area contributed by atoms with Crippen LogP contribution in [0.4, 0.5) is 0 Å². The summed E-state index contributed by atoms with van der Waals surface area (Å²) in [7, 11) is 0. The Morgan fingerprint density at radius 2 is 2.30 bits per heavy atom. The third kappa shape index (κ3) is 2.82. The van der Waals surface area contributed by atoms with Crippen LogP contribution in [0.3, 0.4) is 0 Å². The molecule has 2 unspecified atom stereocenters. The second-order valence-corrected chi connectivity index (χ2v) is 2.46. The lowest BCUT2D eigenvalue weighted by Crippen LogP contribution is -2.36. The van der Waals surface area contributed by atoms with Crippen molar-refractivity contribution in [3.63, 3.8) is 0 Å². The first-order valence-corrected chi connectivity index (χ1v) is 3.56. The van der Waals surface area contributed by atoms with Crippen molar-refractivity contribution in [2.45, 2.75) is 26.3 Å². The summed E-state index contributed by atoms with van der Waals surface area (Å²) in [5.41, 5.74) is 0. The molecule has 2 atom stereocenters. The first-order valence-electron chi connectivity index (χ1n) is 3.56. The molecule has 0 fully saturated rings. The van der Waals surface area contributed by atoms with Crippen LogP contribution in [0.2, 0.25) is 0 Å². The third-order valence-corrected chi connectivity index (χ3v) is 1.81. The number of hydrogen-bond donors (Lipinski definition) is 2. The minimum atomic E-state index is -0.0810. The minimum absolute atomic E-state index is 0.0216. The number of hydrogen-bond acceptors (Lipinski definition) is 2. The molecule has 0 radical (unpaired) electrons. The van der Waals surface area contributed by atoms with Crippen LogP contribution in [0, 0.1) is 5.92 Å². The standard InChI is InChI=1S/C7H15NO2/c1-3-6(2)7(4-9)8-5-10/h5-7,9H,3-4H2,1-2H3,(H,8,10). The molecule has 0 spiro atoms. The van der Waals surface area contributed by atoms with Gasteiger partial charge in [0.05, 0.1) is 12.6 Å². The maximum Gasteiger partial charge on any atom is 0.207 e. The highest BCUT2D eigenvalue weighted by molar-refractivity contribution is 5.46. The van der Waals surface area contributed by atoms with Crippen LogP contribution in [0.15, 0.2) is 0 Å². The molecule has 0 saturated carbocycles. The van der Waals surface area contributed by atoms with Gasteiger partial charge in [-0.2, -0.15) is 0 Å². The van der Waals surface area contributed by atoms with Gasteiger partial charge in [-0.3, -0.25) is 4.79 Å². The fraction of sp³-hybridized carbons (Fsp3) is 0.857. The van der Waals surface area contributed by atoms with Gasteiger partial charge in [0.25, 0.3) is 0 Å². The van der Waals surface area contributed by atoms with Crippen LogP contribution in [0.5, 0.6) is 0 Å². The van der Waals surface area contributed by atoms with Crippen molar-refractivity contribution in [3.05, 3.63) is 0 Å². The number of carbonyl (C=O) groups excluding carboxylic acids is 1. The smallest absolute Gasteiger partial charge is 0.207 e. The second kappa shape index (κ2) is 5.23. The summed E-state index contributed by atoms with van der Waals surface area (Å²) in [4.78, 5) is 9.97. The van der Waals surface area contributed by atoms with Gasteiger partial charge in [0, 0.05) is 0 Å². The number of amides is 1. The Morgan fingerprint density at radius 1 is 1.70 bits per heavy atom. The fourth-order valence-corrected chi connectivity index (χ4v) is 0.769. The van der Waals surface area contributed by atoms with Crippen molar-refractivity contribution >= 4 is 6.41 Å². The monoisotopic (exact) mass is 145 g/mol. The van der Waals surface area contributed by atoms with Gasteiger partial charge < -0.3 is 10.4 Å². The van der Waals surface area contributed by atoms with E-state index in [2.05, 4.69) is 5.32 Å². The molecule has 3 heteroatoms. The number of aliphatic hydroxyl groups excluding tert-OH is 1. The first-order chi connectivity index (χ1) is 4.76. The Kier molecular flexibility index (Phi) is 4.94. The quantitative estimate of drug-likeness (QED) is 0.541. The Morgan fingerprint density at radius 3 is 2.60 bits per heavy atom. The average Bonchev–Trinajstić information content (AvgIpc) is 1.99. The molecule has 0 aromatic carbocycles. The molecule has 0 rings (SSSR count). The largest absolute Gasteiger partial charge is 0.394 e. The van der Waals surface area contributed by atoms with Crippen LogP contribution in [0.25, 0.3) is 0 Å². The molecule has 2 N–H and O–H groups in total. The summed E-state index contributed by atoms with van der Waals surface area (Å²) >= 11 is 0. The lowest BCUT2D eigenvalue weighted by molar-refractivity contribution is -0.110. The molecule has 0 saturated heterocycles. The second-order valence-electron chi connectivity index (χ2n) is 2.46. The van der Waals surface area contributed by atoms with Crippen LogP contribution >= 0.6 is 0 Å².